The number of nitrogens with one attached hydrogen (secondary N) is 2. The van der Waals surface area contributed by atoms with E-state index >= 15 is 8.78 Å². The highest BCUT2D eigenvalue weighted by molar-refractivity contribution is 5.92. The Morgan fingerprint density at radius 2 is 1.92 bits per heavy atom. The fourth-order valence-corrected chi connectivity index (χ4v) is 6.82. The third-order valence-corrected chi connectivity index (χ3v) is 9.59. The second kappa shape index (κ2) is 12.9. The first kappa shape index (κ1) is 34.0. The molecule has 1 saturated carbocycles. The van der Waals surface area contributed by atoms with Crippen molar-refractivity contribution in [2.24, 2.45) is 17.8 Å². The Labute approximate surface area is 270 Å². The summed E-state index contributed by atoms with van der Waals surface area (Å²) < 4.78 is 107. The van der Waals surface area contributed by atoms with E-state index in [1.165, 1.54) is 23.1 Å². The van der Waals surface area contributed by atoms with Crippen molar-refractivity contribution in [3.63, 3.8) is 0 Å². The van der Waals surface area contributed by atoms with Crippen LogP contribution in [0.5, 0.6) is 0 Å². The molecule has 3 aliphatic rings. The molecule has 3 aromatic rings. The van der Waals surface area contributed by atoms with Crippen molar-refractivity contribution in [1.29, 1.82) is 0 Å². The van der Waals surface area contributed by atoms with Crippen molar-refractivity contribution in [2.75, 3.05) is 19.8 Å². The molecule has 48 heavy (non-hydrogen) atoms. The van der Waals surface area contributed by atoms with Crippen LogP contribution in [0, 0.1) is 17.8 Å². The van der Waals surface area contributed by atoms with Crippen molar-refractivity contribution >= 4 is 17.6 Å². The van der Waals surface area contributed by atoms with Crippen LogP contribution in [0.25, 0.3) is 5.78 Å². The maximum atomic E-state index is 15.3. The normalized spacial score (nSPS) is 25.5. The number of ether oxygens (including phenoxy) is 1. The Bertz CT molecular complexity index is 1650. The maximum absolute atomic E-state index is 15.3. The lowest BCUT2D eigenvalue weighted by molar-refractivity contribution is -0.183. The number of nitrogens with zero attached hydrogens (tertiary/aromatic N) is 6. The summed E-state index contributed by atoms with van der Waals surface area (Å²) in [5, 5.41) is 13.7. The molecule has 2 aliphatic heterocycles. The lowest BCUT2D eigenvalue weighted by Gasteiger charge is -2.33. The Morgan fingerprint density at radius 1 is 1.17 bits per heavy atom. The molecule has 1 aliphatic carbocycles. The van der Waals surface area contributed by atoms with Crippen LogP contribution in [-0.4, -0.2) is 79.0 Å². The van der Waals surface area contributed by atoms with Gasteiger partial charge in [-0.2, -0.15) is 23.4 Å². The molecule has 0 aromatic carbocycles. The Balaban J connectivity index is 1.39. The number of carbonyl (C=O) groups excluding carboxylic acids is 2. The molecule has 262 valence electrons. The van der Waals surface area contributed by atoms with Gasteiger partial charge >= 0.3 is 6.18 Å². The van der Waals surface area contributed by atoms with Crippen LogP contribution in [0.15, 0.2) is 18.5 Å². The fraction of sp³-hybridized carbons (Fsp3) is 0.667. The largest absolute Gasteiger partial charge is 0.393 e. The van der Waals surface area contributed by atoms with Gasteiger partial charge in [-0.1, -0.05) is 0 Å². The van der Waals surface area contributed by atoms with E-state index in [9.17, 15) is 31.5 Å². The Hall–Kier alpha value is -3.83. The second-order valence-corrected chi connectivity index (χ2v) is 12.8. The van der Waals surface area contributed by atoms with Gasteiger partial charge in [0.2, 0.25) is 11.8 Å². The van der Waals surface area contributed by atoms with Gasteiger partial charge in [0.15, 0.2) is 0 Å². The molecule has 4 atom stereocenters. The number of amides is 2. The molecule has 0 radical (unpaired) electrons. The third-order valence-electron chi connectivity index (χ3n) is 9.59. The van der Waals surface area contributed by atoms with Crippen molar-refractivity contribution in [1.82, 2.24) is 40.0 Å². The first-order valence-corrected chi connectivity index (χ1v) is 15.9. The fourth-order valence-electron chi connectivity index (χ4n) is 6.82. The molecule has 2 saturated heterocycles. The minimum absolute atomic E-state index is 0.0546. The molecule has 5 heterocycles. The standard InChI is InChI=1S/C30H35F7N8O3/c1-2-44-22(5-9-39-44)26(47)41-23(16-3-6-28(31,32)7-4-16)21-14-45-27(40-21)42-24(19-15-48-10-8-29(19,33)34)20(43-45)12-17-11-18(30(35,36)37)13-38-25(17)46/h5,9,14,16-19,23H,2-4,6-8,10-13,15H2,1H3,(H,38,46)(H,41,47)/t17-,18-,19?,23+/m1/s1. The second-order valence-electron chi connectivity index (χ2n) is 12.8. The monoisotopic (exact) mass is 688 g/mol. The van der Waals surface area contributed by atoms with Crippen LogP contribution in [0.4, 0.5) is 30.7 Å². The lowest BCUT2D eigenvalue weighted by Crippen LogP contribution is -2.47. The molecule has 6 rings (SSSR count). The predicted octanol–water partition coefficient (Wildman–Crippen LogP) is 4.63. The molecule has 1 unspecified atom stereocenters. The van der Waals surface area contributed by atoms with E-state index < -0.39 is 105 Å². The average Bonchev–Trinajstić information content (AvgIpc) is 3.67. The first-order valence-electron chi connectivity index (χ1n) is 15.9. The SMILES string of the molecule is CCn1nccc1C(=O)N[C@H](c1cn2nc(C[C@H]3C[C@@H](C(F)(F)F)CNC3=O)c(C3COCCC3(F)F)nc2n1)C1CCC(F)(F)CC1. The highest BCUT2D eigenvalue weighted by Crippen LogP contribution is 2.43. The molecule has 3 fully saturated rings. The van der Waals surface area contributed by atoms with E-state index in [4.69, 9.17) is 4.74 Å². The van der Waals surface area contributed by atoms with Gasteiger partial charge in [0, 0.05) is 50.9 Å². The zero-order chi connectivity index (χ0) is 34.4. The number of hydrogen-bond acceptors (Lipinski definition) is 7. The van der Waals surface area contributed by atoms with Crippen LogP contribution in [-0.2, 0) is 22.5 Å². The highest BCUT2D eigenvalue weighted by Gasteiger charge is 2.48. The molecule has 2 N–H and O–H groups in total. The Kier molecular flexibility index (Phi) is 9.14. The van der Waals surface area contributed by atoms with Crippen molar-refractivity contribution < 1.29 is 45.1 Å². The molecule has 0 spiro atoms. The number of piperidine rings is 1. The summed E-state index contributed by atoms with van der Waals surface area (Å²) in [6.45, 7) is 0.941. The van der Waals surface area contributed by atoms with Gasteiger partial charge in [-0.15, -0.1) is 0 Å². The molecule has 2 amide bonds. The summed E-state index contributed by atoms with van der Waals surface area (Å²) in [5.41, 5.74) is 0.0458. The maximum Gasteiger partial charge on any atom is 0.393 e. The number of carbonyl (C=O) groups is 2. The Morgan fingerprint density at radius 3 is 2.60 bits per heavy atom. The van der Waals surface area contributed by atoms with Crippen molar-refractivity contribution in [3.8, 4) is 0 Å². The van der Waals surface area contributed by atoms with Crippen LogP contribution in [0.3, 0.4) is 0 Å². The number of hydrogen-bond donors (Lipinski definition) is 2. The molecule has 18 heteroatoms. The number of alkyl halides is 7. The number of halogens is 7. The van der Waals surface area contributed by atoms with E-state index in [-0.39, 0.29) is 48.0 Å². The van der Waals surface area contributed by atoms with Crippen molar-refractivity contribution in [3.05, 3.63) is 41.2 Å². The van der Waals surface area contributed by atoms with Crippen LogP contribution in [0.2, 0.25) is 0 Å². The van der Waals surface area contributed by atoms with E-state index in [1.54, 1.807) is 6.92 Å². The van der Waals surface area contributed by atoms with Gasteiger partial charge < -0.3 is 15.4 Å². The average molecular weight is 689 g/mol. The van der Waals surface area contributed by atoms with Gasteiger partial charge in [0.05, 0.1) is 54.4 Å². The zero-order valence-corrected chi connectivity index (χ0v) is 26.0. The van der Waals surface area contributed by atoms with Crippen LogP contribution < -0.4 is 10.6 Å². The van der Waals surface area contributed by atoms with Gasteiger partial charge in [-0.3, -0.25) is 14.3 Å². The van der Waals surface area contributed by atoms with Crippen molar-refractivity contribution in [2.45, 2.75) is 88.4 Å². The summed E-state index contributed by atoms with van der Waals surface area (Å²) in [7, 11) is 0. The number of rotatable bonds is 8. The number of aryl methyl sites for hydroxylation is 1. The smallest absolute Gasteiger partial charge is 0.380 e. The van der Waals surface area contributed by atoms with E-state index in [0.717, 1.165) is 4.52 Å². The van der Waals surface area contributed by atoms with E-state index in [0.29, 0.717) is 6.54 Å². The van der Waals surface area contributed by atoms with Gasteiger partial charge in [0.25, 0.3) is 17.6 Å². The molecule has 3 aromatic heterocycles. The highest BCUT2D eigenvalue weighted by atomic mass is 19.4. The third kappa shape index (κ3) is 6.98. The minimum Gasteiger partial charge on any atom is -0.380 e. The molecular weight excluding hydrogens is 653 g/mol. The topological polar surface area (TPSA) is 128 Å². The summed E-state index contributed by atoms with van der Waals surface area (Å²) in [5.74, 6) is -12.6. The van der Waals surface area contributed by atoms with E-state index in [1.807, 2.05) is 0 Å². The van der Waals surface area contributed by atoms with Crippen LogP contribution >= 0.6 is 0 Å². The minimum atomic E-state index is -4.58. The first-order chi connectivity index (χ1) is 22.6. The van der Waals surface area contributed by atoms with Gasteiger partial charge in [-0.05, 0) is 38.2 Å². The van der Waals surface area contributed by atoms with Gasteiger partial charge in [-0.25, -0.2) is 32.0 Å². The van der Waals surface area contributed by atoms with E-state index in [2.05, 4.69) is 30.8 Å². The number of aromatic nitrogens is 6. The molecule has 11 nitrogen and oxygen atoms in total. The summed E-state index contributed by atoms with van der Waals surface area (Å²) in [6, 6.07) is 0.605. The molecule has 0 bridgehead atoms. The summed E-state index contributed by atoms with van der Waals surface area (Å²) in [4.78, 5) is 35.0. The lowest BCUT2D eigenvalue weighted by atomic mass is 9.81. The van der Waals surface area contributed by atoms with Crippen LogP contribution in [0.1, 0.15) is 85.0 Å². The van der Waals surface area contributed by atoms with Gasteiger partial charge in [0.1, 0.15) is 5.69 Å². The summed E-state index contributed by atoms with van der Waals surface area (Å²) in [6.07, 6.45) is -4.04. The number of fused-ring (bicyclic) bond motifs is 1. The molecular formula is C30H35F7N8O3. The zero-order valence-electron chi connectivity index (χ0n) is 26.0. The quantitative estimate of drug-likeness (QED) is 0.331. The number of imidazole rings is 1. The predicted molar refractivity (Wildman–Crippen MR) is 153 cm³/mol. The summed E-state index contributed by atoms with van der Waals surface area (Å²) >= 11 is 0.